The summed E-state index contributed by atoms with van der Waals surface area (Å²) < 4.78 is 10.1. The van der Waals surface area contributed by atoms with Crippen LogP contribution in [0.25, 0.3) is 0 Å². The molecule has 1 heterocycles. The topological polar surface area (TPSA) is 75.2 Å². The Labute approximate surface area is 184 Å². The van der Waals surface area contributed by atoms with Gasteiger partial charge in [-0.05, 0) is 36.6 Å². The summed E-state index contributed by atoms with van der Waals surface area (Å²) in [7, 11) is 4.68. The van der Waals surface area contributed by atoms with Gasteiger partial charge < -0.3 is 20.1 Å². The molecule has 31 heavy (non-hydrogen) atoms. The van der Waals surface area contributed by atoms with E-state index in [1.807, 2.05) is 12.1 Å². The van der Waals surface area contributed by atoms with E-state index < -0.39 is 5.97 Å². The van der Waals surface area contributed by atoms with Gasteiger partial charge in [0.05, 0.1) is 14.2 Å². The lowest BCUT2D eigenvalue weighted by Crippen LogP contribution is -2.44. The van der Waals surface area contributed by atoms with Crippen LogP contribution in [0.5, 0.6) is 5.75 Å². The van der Waals surface area contributed by atoms with Crippen LogP contribution in [0.1, 0.15) is 34.8 Å². The minimum absolute atomic E-state index is 0.334. The van der Waals surface area contributed by atoms with Gasteiger partial charge in [0.15, 0.2) is 5.96 Å². The zero-order valence-electron chi connectivity index (χ0n) is 18.7. The maximum atomic E-state index is 11.8. The first-order chi connectivity index (χ1) is 15.0. The third-order valence-electron chi connectivity index (χ3n) is 5.63. The highest BCUT2D eigenvalue weighted by Gasteiger charge is 2.29. The van der Waals surface area contributed by atoms with Crippen molar-refractivity contribution in [1.82, 2.24) is 15.5 Å². The van der Waals surface area contributed by atoms with Crippen molar-refractivity contribution in [1.29, 1.82) is 0 Å². The summed E-state index contributed by atoms with van der Waals surface area (Å²) in [5.41, 5.74) is 2.73. The Bertz CT molecular complexity index is 901. The molecule has 7 heteroatoms. The van der Waals surface area contributed by atoms with E-state index >= 15 is 0 Å². The number of aliphatic imine (C=N–C) groups is 1. The molecule has 2 aromatic carbocycles. The number of likely N-dealkylation sites (tertiary alicyclic amines) is 1. The Hall–Kier alpha value is -3.06. The number of hydrogen-bond acceptors (Lipinski definition) is 5. The second-order valence-corrected chi connectivity index (χ2v) is 7.79. The largest absolute Gasteiger partial charge is 0.496 e. The van der Waals surface area contributed by atoms with Crippen LogP contribution in [-0.4, -0.2) is 56.7 Å². The number of esters is 1. The van der Waals surface area contributed by atoms with Crippen molar-refractivity contribution in [2.45, 2.75) is 38.5 Å². The van der Waals surface area contributed by atoms with Crippen molar-refractivity contribution in [3.8, 4) is 5.75 Å². The lowest BCUT2D eigenvalue weighted by molar-refractivity contribution is 0.0597. The zero-order valence-corrected chi connectivity index (χ0v) is 18.7. The molecule has 1 fully saturated rings. The minimum Gasteiger partial charge on any atom is -0.496 e. The summed E-state index contributed by atoms with van der Waals surface area (Å²) in [5, 5.41) is 6.90. The van der Waals surface area contributed by atoms with E-state index in [4.69, 9.17) is 9.47 Å². The van der Waals surface area contributed by atoms with Gasteiger partial charge in [0.2, 0.25) is 0 Å². The molecule has 3 rings (SSSR count). The summed E-state index contributed by atoms with van der Waals surface area (Å²) in [6, 6.07) is 16.9. The number of carbonyl (C=O) groups is 1. The summed E-state index contributed by atoms with van der Waals surface area (Å²) in [6.07, 6.45) is 1.06. The Morgan fingerprint density at radius 1 is 1.16 bits per heavy atom. The van der Waals surface area contributed by atoms with Gasteiger partial charge in [-0.1, -0.05) is 36.4 Å². The van der Waals surface area contributed by atoms with Gasteiger partial charge in [-0.15, -0.1) is 0 Å². The lowest BCUT2D eigenvalue weighted by atomic mass is 10.1. The van der Waals surface area contributed by atoms with Crippen molar-refractivity contribution in [2.75, 3.05) is 27.8 Å². The number of benzene rings is 2. The number of rotatable bonds is 7. The quantitative estimate of drug-likeness (QED) is 0.404. The van der Waals surface area contributed by atoms with Crippen LogP contribution in [-0.2, 0) is 17.8 Å². The molecular weight excluding hydrogens is 392 g/mol. The Balaban J connectivity index is 1.55. The molecule has 166 valence electrons. The summed E-state index contributed by atoms with van der Waals surface area (Å²) >= 11 is 0. The van der Waals surface area contributed by atoms with Crippen molar-refractivity contribution in [2.24, 2.45) is 4.99 Å². The molecule has 0 spiro atoms. The molecule has 0 bridgehead atoms. The first-order valence-electron chi connectivity index (χ1n) is 10.5. The lowest BCUT2D eigenvalue weighted by Gasteiger charge is -2.21. The van der Waals surface area contributed by atoms with E-state index in [-0.39, 0.29) is 0 Å². The van der Waals surface area contributed by atoms with Crippen molar-refractivity contribution in [3.63, 3.8) is 0 Å². The monoisotopic (exact) mass is 424 g/mol. The molecule has 2 unspecified atom stereocenters. The molecule has 0 amide bonds. The van der Waals surface area contributed by atoms with E-state index in [9.17, 15) is 4.79 Å². The Morgan fingerprint density at radius 2 is 1.94 bits per heavy atom. The third-order valence-corrected chi connectivity index (χ3v) is 5.63. The van der Waals surface area contributed by atoms with Crippen molar-refractivity contribution in [3.05, 3.63) is 65.2 Å². The van der Waals surface area contributed by atoms with Crippen LogP contribution in [0, 0.1) is 0 Å². The highest BCUT2D eigenvalue weighted by molar-refractivity contribution is 5.92. The normalized spacial score (nSPS) is 19.2. The fourth-order valence-corrected chi connectivity index (χ4v) is 3.94. The molecule has 7 nitrogen and oxygen atoms in total. The standard InChI is InChI=1S/C24H32N4O3/c1-17-12-20(16-28(17)15-18-8-6-5-7-9-18)27-24(25-2)26-14-19-10-11-21(23(29)31-4)22(13-19)30-3/h5-11,13,17,20H,12,14-16H2,1-4H3,(H2,25,26,27). The Morgan fingerprint density at radius 3 is 2.61 bits per heavy atom. The number of ether oxygens (including phenoxy) is 2. The number of methoxy groups -OCH3 is 2. The number of hydrogen-bond donors (Lipinski definition) is 2. The molecule has 2 N–H and O–H groups in total. The first kappa shape index (κ1) is 22.6. The maximum Gasteiger partial charge on any atom is 0.341 e. The van der Waals surface area contributed by atoms with Crippen LogP contribution < -0.4 is 15.4 Å². The van der Waals surface area contributed by atoms with Gasteiger partial charge in [0.1, 0.15) is 11.3 Å². The van der Waals surface area contributed by atoms with Gasteiger partial charge in [-0.25, -0.2) is 4.79 Å². The second kappa shape index (κ2) is 10.8. The Kier molecular flexibility index (Phi) is 7.89. The van der Waals surface area contributed by atoms with E-state index in [1.165, 1.54) is 12.7 Å². The van der Waals surface area contributed by atoms with Crippen LogP contribution in [0.2, 0.25) is 0 Å². The van der Waals surface area contributed by atoms with Gasteiger partial charge >= 0.3 is 5.97 Å². The number of nitrogens with one attached hydrogen (secondary N) is 2. The molecule has 0 aromatic heterocycles. The van der Waals surface area contributed by atoms with E-state index in [0.29, 0.717) is 29.9 Å². The van der Waals surface area contributed by atoms with Crippen LogP contribution in [0.4, 0.5) is 0 Å². The van der Waals surface area contributed by atoms with Gasteiger partial charge in [0.25, 0.3) is 0 Å². The van der Waals surface area contributed by atoms with Gasteiger partial charge in [-0.2, -0.15) is 0 Å². The molecule has 0 saturated carbocycles. The second-order valence-electron chi connectivity index (χ2n) is 7.79. The van der Waals surface area contributed by atoms with E-state index in [2.05, 4.69) is 57.8 Å². The van der Waals surface area contributed by atoms with Crippen molar-refractivity contribution >= 4 is 11.9 Å². The number of carbonyl (C=O) groups excluding carboxylic acids is 1. The van der Waals surface area contributed by atoms with E-state index in [0.717, 1.165) is 31.0 Å². The fourth-order valence-electron chi connectivity index (χ4n) is 3.94. The zero-order chi connectivity index (χ0) is 22.2. The van der Waals surface area contributed by atoms with Gasteiger partial charge in [0, 0.05) is 38.8 Å². The third kappa shape index (κ3) is 5.98. The summed E-state index contributed by atoms with van der Waals surface area (Å²) in [6.45, 7) is 4.76. The molecule has 1 saturated heterocycles. The summed E-state index contributed by atoms with van der Waals surface area (Å²) in [4.78, 5) is 18.7. The van der Waals surface area contributed by atoms with Crippen LogP contribution in [0.3, 0.4) is 0 Å². The average molecular weight is 425 g/mol. The van der Waals surface area contributed by atoms with Crippen LogP contribution >= 0.6 is 0 Å². The van der Waals surface area contributed by atoms with Gasteiger partial charge in [-0.3, -0.25) is 9.89 Å². The summed E-state index contributed by atoms with van der Waals surface area (Å²) in [5.74, 6) is 0.842. The predicted octanol–water partition coefficient (Wildman–Crippen LogP) is 2.81. The maximum absolute atomic E-state index is 11.8. The molecule has 2 aromatic rings. The molecule has 2 atom stereocenters. The smallest absolute Gasteiger partial charge is 0.341 e. The highest BCUT2D eigenvalue weighted by Crippen LogP contribution is 2.22. The highest BCUT2D eigenvalue weighted by atomic mass is 16.5. The first-order valence-corrected chi connectivity index (χ1v) is 10.5. The minimum atomic E-state index is -0.413. The van der Waals surface area contributed by atoms with Crippen molar-refractivity contribution < 1.29 is 14.3 Å². The SMILES string of the molecule is CN=C(NCc1ccc(C(=O)OC)c(OC)c1)NC1CC(C)N(Cc2ccccc2)C1. The molecule has 0 radical (unpaired) electrons. The van der Waals surface area contributed by atoms with Crippen LogP contribution in [0.15, 0.2) is 53.5 Å². The molecule has 0 aliphatic carbocycles. The van der Waals surface area contributed by atoms with E-state index in [1.54, 1.807) is 20.2 Å². The average Bonchev–Trinajstić information content (AvgIpc) is 3.14. The number of nitrogens with zero attached hydrogens (tertiary/aromatic N) is 2. The predicted molar refractivity (Wildman–Crippen MR) is 122 cm³/mol. The molecule has 1 aliphatic heterocycles. The molecule has 1 aliphatic rings. The number of guanidine groups is 1. The molecular formula is C24H32N4O3. The fraction of sp³-hybridized carbons (Fsp3) is 0.417.